The third-order valence-corrected chi connectivity index (χ3v) is 3.85. The highest BCUT2D eigenvalue weighted by molar-refractivity contribution is 5.86. The molecule has 0 spiro atoms. The predicted octanol–water partition coefficient (Wildman–Crippen LogP) is 3.75. The normalized spacial score (nSPS) is 11.2. The number of aromatic nitrogens is 4. The highest BCUT2D eigenvalue weighted by Gasteiger charge is 2.13. The topological polar surface area (TPSA) is 56.7 Å². The first kappa shape index (κ1) is 13.7. The lowest BCUT2D eigenvalue weighted by atomic mass is 10.1. The fraction of sp³-hybridized carbons (Fsp3) is 0.167. The molecule has 0 radical (unpaired) electrons. The molecule has 2 aromatic carbocycles. The van der Waals surface area contributed by atoms with Crippen molar-refractivity contribution in [2.75, 3.05) is 0 Å². The first-order valence-corrected chi connectivity index (χ1v) is 7.50. The molecule has 4 aromatic rings. The molecular weight excluding hydrogens is 288 g/mol. The molecule has 0 unspecified atom stereocenters. The SMILES string of the molecule is Cc1ncn(Cc2nc(-c3ccc4ccccc4c3)oc2C)n1. The minimum absolute atomic E-state index is 0.559. The summed E-state index contributed by atoms with van der Waals surface area (Å²) in [5.41, 5.74) is 1.85. The molecule has 23 heavy (non-hydrogen) atoms. The second-order valence-corrected chi connectivity index (χ2v) is 5.57. The molecule has 4 rings (SSSR count). The van der Waals surface area contributed by atoms with E-state index >= 15 is 0 Å². The molecule has 0 fully saturated rings. The third-order valence-electron chi connectivity index (χ3n) is 3.85. The fourth-order valence-corrected chi connectivity index (χ4v) is 2.64. The summed E-state index contributed by atoms with van der Waals surface area (Å²) in [4.78, 5) is 8.77. The largest absolute Gasteiger partial charge is 0.441 e. The van der Waals surface area contributed by atoms with Crippen molar-refractivity contribution in [1.82, 2.24) is 19.7 Å². The summed E-state index contributed by atoms with van der Waals surface area (Å²) in [6, 6.07) is 14.5. The van der Waals surface area contributed by atoms with Crippen LogP contribution in [0.25, 0.3) is 22.2 Å². The van der Waals surface area contributed by atoms with Crippen LogP contribution in [0.15, 0.2) is 53.2 Å². The standard InChI is InChI=1S/C18H16N4O/c1-12-17(10-22-11-19-13(2)21-22)20-18(23-12)16-8-7-14-5-3-4-6-15(14)9-16/h3-9,11H,10H2,1-2H3. The first-order valence-electron chi connectivity index (χ1n) is 7.50. The van der Waals surface area contributed by atoms with Crippen LogP contribution in [-0.2, 0) is 6.54 Å². The lowest BCUT2D eigenvalue weighted by Crippen LogP contribution is -2.02. The molecule has 0 saturated carbocycles. The molecule has 0 saturated heterocycles. The average molecular weight is 304 g/mol. The second-order valence-electron chi connectivity index (χ2n) is 5.57. The van der Waals surface area contributed by atoms with E-state index in [4.69, 9.17) is 4.42 Å². The van der Waals surface area contributed by atoms with E-state index in [1.54, 1.807) is 11.0 Å². The van der Waals surface area contributed by atoms with Gasteiger partial charge in [0.05, 0.1) is 6.54 Å². The molecule has 0 atom stereocenters. The molecule has 5 heteroatoms. The minimum atomic E-state index is 0.559. The number of aryl methyl sites for hydroxylation is 2. The summed E-state index contributed by atoms with van der Waals surface area (Å²) in [5, 5.41) is 6.68. The minimum Gasteiger partial charge on any atom is -0.441 e. The highest BCUT2D eigenvalue weighted by atomic mass is 16.4. The molecule has 0 aliphatic heterocycles. The van der Waals surface area contributed by atoms with E-state index in [9.17, 15) is 0 Å². The van der Waals surface area contributed by atoms with Crippen LogP contribution in [0.5, 0.6) is 0 Å². The van der Waals surface area contributed by atoms with Crippen molar-refractivity contribution in [3.63, 3.8) is 0 Å². The molecule has 0 bridgehead atoms. The maximum absolute atomic E-state index is 5.86. The predicted molar refractivity (Wildman–Crippen MR) is 88.0 cm³/mol. The summed E-state index contributed by atoms with van der Waals surface area (Å²) < 4.78 is 7.62. The summed E-state index contributed by atoms with van der Waals surface area (Å²) in [7, 11) is 0. The Morgan fingerprint density at radius 2 is 1.87 bits per heavy atom. The third kappa shape index (κ3) is 2.61. The monoisotopic (exact) mass is 304 g/mol. The molecule has 2 aromatic heterocycles. The van der Waals surface area contributed by atoms with Gasteiger partial charge in [-0.15, -0.1) is 0 Å². The van der Waals surface area contributed by atoms with Gasteiger partial charge in [0.15, 0.2) is 0 Å². The van der Waals surface area contributed by atoms with E-state index in [2.05, 4.69) is 39.3 Å². The van der Waals surface area contributed by atoms with Gasteiger partial charge in [0, 0.05) is 5.56 Å². The number of nitrogens with zero attached hydrogens (tertiary/aromatic N) is 4. The zero-order valence-electron chi connectivity index (χ0n) is 13.0. The van der Waals surface area contributed by atoms with E-state index in [1.807, 2.05) is 32.0 Å². The van der Waals surface area contributed by atoms with Gasteiger partial charge in [0.1, 0.15) is 23.6 Å². The van der Waals surface area contributed by atoms with Gasteiger partial charge in [-0.1, -0.05) is 30.3 Å². The molecule has 2 heterocycles. The van der Waals surface area contributed by atoms with E-state index in [0.717, 1.165) is 22.8 Å². The molecule has 114 valence electrons. The number of rotatable bonds is 3. The Morgan fingerprint density at radius 3 is 2.65 bits per heavy atom. The zero-order valence-corrected chi connectivity index (χ0v) is 13.0. The average Bonchev–Trinajstić information content (AvgIpc) is 3.13. The highest BCUT2D eigenvalue weighted by Crippen LogP contribution is 2.25. The van der Waals surface area contributed by atoms with Crippen LogP contribution in [0.3, 0.4) is 0 Å². The van der Waals surface area contributed by atoms with Crippen LogP contribution < -0.4 is 0 Å². The Balaban J connectivity index is 1.69. The van der Waals surface area contributed by atoms with Gasteiger partial charge >= 0.3 is 0 Å². The van der Waals surface area contributed by atoms with Gasteiger partial charge in [-0.25, -0.2) is 14.6 Å². The van der Waals surface area contributed by atoms with Crippen LogP contribution in [-0.4, -0.2) is 19.7 Å². The van der Waals surface area contributed by atoms with Crippen molar-refractivity contribution in [2.45, 2.75) is 20.4 Å². The van der Waals surface area contributed by atoms with Crippen molar-refractivity contribution in [1.29, 1.82) is 0 Å². The van der Waals surface area contributed by atoms with Gasteiger partial charge in [0.2, 0.25) is 5.89 Å². The Hall–Kier alpha value is -2.95. The molecule has 0 aliphatic carbocycles. The number of oxazole rings is 1. The van der Waals surface area contributed by atoms with Crippen LogP contribution in [0.1, 0.15) is 17.3 Å². The quantitative estimate of drug-likeness (QED) is 0.578. The maximum Gasteiger partial charge on any atom is 0.226 e. The zero-order chi connectivity index (χ0) is 15.8. The molecular formula is C18H16N4O. The van der Waals surface area contributed by atoms with Crippen LogP contribution in [0.4, 0.5) is 0 Å². The Labute approximate surface area is 133 Å². The number of benzene rings is 2. The van der Waals surface area contributed by atoms with Crippen molar-refractivity contribution in [2.24, 2.45) is 0 Å². The van der Waals surface area contributed by atoms with Gasteiger partial charge in [0.25, 0.3) is 0 Å². The lowest BCUT2D eigenvalue weighted by Gasteiger charge is -1.99. The molecule has 0 amide bonds. The maximum atomic E-state index is 5.86. The smallest absolute Gasteiger partial charge is 0.226 e. The number of fused-ring (bicyclic) bond motifs is 1. The summed E-state index contributed by atoms with van der Waals surface area (Å²) in [5.74, 6) is 2.20. The van der Waals surface area contributed by atoms with Gasteiger partial charge in [-0.05, 0) is 36.8 Å². The number of hydrogen-bond donors (Lipinski definition) is 0. The van der Waals surface area contributed by atoms with E-state index < -0.39 is 0 Å². The van der Waals surface area contributed by atoms with Crippen molar-refractivity contribution >= 4 is 10.8 Å². The summed E-state index contributed by atoms with van der Waals surface area (Å²) in [6.07, 6.45) is 1.71. The first-order chi connectivity index (χ1) is 11.2. The molecule has 0 aliphatic rings. The van der Waals surface area contributed by atoms with E-state index in [-0.39, 0.29) is 0 Å². The lowest BCUT2D eigenvalue weighted by molar-refractivity contribution is 0.536. The van der Waals surface area contributed by atoms with Gasteiger partial charge in [-0.2, -0.15) is 5.10 Å². The summed E-state index contributed by atoms with van der Waals surface area (Å²) >= 11 is 0. The van der Waals surface area contributed by atoms with Crippen LogP contribution in [0, 0.1) is 13.8 Å². The summed E-state index contributed by atoms with van der Waals surface area (Å²) in [6.45, 7) is 4.35. The van der Waals surface area contributed by atoms with Crippen molar-refractivity contribution in [3.8, 4) is 11.5 Å². The van der Waals surface area contributed by atoms with Crippen molar-refractivity contribution in [3.05, 3.63) is 66.1 Å². The van der Waals surface area contributed by atoms with E-state index in [0.29, 0.717) is 12.4 Å². The van der Waals surface area contributed by atoms with Crippen LogP contribution in [0.2, 0.25) is 0 Å². The van der Waals surface area contributed by atoms with E-state index in [1.165, 1.54) is 10.8 Å². The Morgan fingerprint density at radius 1 is 1.04 bits per heavy atom. The van der Waals surface area contributed by atoms with Gasteiger partial charge in [-0.3, -0.25) is 0 Å². The number of hydrogen-bond acceptors (Lipinski definition) is 4. The molecule has 0 N–H and O–H groups in total. The van der Waals surface area contributed by atoms with Crippen molar-refractivity contribution < 1.29 is 4.42 Å². The van der Waals surface area contributed by atoms with Gasteiger partial charge < -0.3 is 4.42 Å². The second kappa shape index (κ2) is 5.35. The Bertz CT molecular complexity index is 984. The Kier molecular flexibility index (Phi) is 3.19. The fourth-order valence-electron chi connectivity index (χ4n) is 2.64. The van der Waals surface area contributed by atoms with Crippen LogP contribution >= 0.6 is 0 Å². The molecule has 5 nitrogen and oxygen atoms in total.